The quantitative estimate of drug-likeness (QED) is 0.645. The highest BCUT2D eigenvalue weighted by Gasteiger charge is 2.13. The number of hydrogen-bond donors (Lipinski definition) is 1. The van der Waals surface area contributed by atoms with E-state index in [0.717, 1.165) is 51.4 Å². The summed E-state index contributed by atoms with van der Waals surface area (Å²) in [5.74, 6) is 1.04. The van der Waals surface area contributed by atoms with Crippen molar-refractivity contribution in [2.75, 3.05) is 19.8 Å². The van der Waals surface area contributed by atoms with Crippen molar-refractivity contribution in [3.8, 4) is 0 Å². The Morgan fingerprint density at radius 3 is 2.83 bits per heavy atom. The van der Waals surface area contributed by atoms with Crippen molar-refractivity contribution >= 4 is 0 Å². The molecule has 0 fully saturated rings. The van der Waals surface area contributed by atoms with Crippen LogP contribution in [-0.4, -0.2) is 40.6 Å². The lowest BCUT2D eigenvalue weighted by atomic mass is 10.2. The topological polar surface area (TPSA) is 52.0 Å². The molecule has 5 heteroatoms. The first-order valence-corrected chi connectivity index (χ1v) is 6.99. The molecule has 0 aromatic carbocycles. The van der Waals surface area contributed by atoms with Crippen molar-refractivity contribution in [1.29, 1.82) is 0 Å². The molecule has 0 aliphatic rings. The maximum atomic E-state index is 5.63. The van der Waals surface area contributed by atoms with Gasteiger partial charge in [-0.2, -0.15) is 5.10 Å². The van der Waals surface area contributed by atoms with E-state index >= 15 is 0 Å². The smallest absolute Gasteiger partial charge is 0.138 e. The lowest BCUT2D eigenvalue weighted by Crippen LogP contribution is -2.36. The average molecular weight is 254 g/mol. The summed E-state index contributed by atoms with van der Waals surface area (Å²) in [4.78, 5) is 4.34. The van der Waals surface area contributed by atoms with Crippen LogP contribution < -0.4 is 5.32 Å². The van der Waals surface area contributed by atoms with E-state index in [1.807, 2.05) is 4.68 Å². The maximum Gasteiger partial charge on any atom is 0.138 e. The van der Waals surface area contributed by atoms with Crippen LogP contribution in [0.15, 0.2) is 6.33 Å². The van der Waals surface area contributed by atoms with Gasteiger partial charge in [0, 0.05) is 25.6 Å². The van der Waals surface area contributed by atoms with Gasteiger partial charge in [0.25, 0.3) is 0 Å². The summed E-state index contributed by atoms with van der Waals surface area (Å²) >= 11 is 0. The normalized spacial score (nSPS) is 12.8. The summed E-state index contributed by atoms with van der Waals surface area (Å²) < 4.78 is 7.62. The molecule has 1 aromatic rings. The zero-order valence-corrected chi connectivity index (χ0v) is 11.9. The molecule has 1 heterocycles. The predicted molar refractivity (Wildman–Crippen MR) is 72.6 cm³/mol. The molecule has 0 saturated heterocycles. The minimum absolute atomic E-state index is 0.321. The third kappa shape index (κ3) is 5.14. The van der Waals surface area contributed by atoms with Gasteiger partial charge in [0.2, 0.25) is 0 Å². The molecule has 104 valence electrons. The molecule has 18 heavy (non-hydrogen) atoms. The fourth-order valence-corrected chi connectivity index (χ4v) is 1.91. The van der Waals surface area contributed by atoms with Crippen LogP contribution in [0.4, 0.5) is 0 Å². The van der Waals surface area contributed by atoms with Gasteiger partial charge in [-0.3, -0.25) is 4.68 Å². The number of aromatic nitrogens is 3. The van der Waals surface area contributed by atoms with Gasteiger partial charge in [0.15, 0.2) is 0 Å². The molecule has 1 N–H and O–H groups in total. The van der Waals surface area contributed by atoms with Crippen molar-refractivity contribution in [3.63, 3.8) is 0 Å². The molecular weight excluding hydrogens is 228 g/mol. The average Bonchev–Trinajstić information content (AvgIpc) is 2.78. The summed E-state index contributed by atoms with van der Waals surface area (Å²) in [6, 6.07) is 0.321. The molecule has 1 atom stereocenters. The summed E-state index contributed by atoms with van der Waals surface area (Å²) in [6.45, 7) is 9.83. The second-order valence-corrected chi connectivity index (χ2v) is 4.43. The standard InChI is InChI=1S/C13H26N4O/c1-4-7-17-13(15-11-16-17)9-12(14-6-3)10-18-8-5-2/h11-12,14H,4-10H2,1-3H3. The molecule has 5 nitrogen and oxygen atoms in total. The molecule has 0 bridgehead atoms. The van der Waals surface area contributed by atoms with Crippen molar-refractivity contribution < 1.29 is 4.74 Å². The Morgan fingerprint density at radius 1 is 1.33 bits per heavy atom. The molecule has 1 aromatic heterocycles. The van der Waals surface area contributed by atoms with Crippen LogP contribution in [0, 0.1) is 0 Å². The van der Waals surface area contributed by atoms with Crippen molar-refractivity contribution in [2.45, 2.75) is 52.6 Å². The number of ether oxygens (including phenoxy) is 1. The van der Waals surface area contributed by atoms with E-state index in [9.17, 15) is 0 Å². The van der Waals surface area contributed by atoms with Crippen molar-refractivity contribution in [1.82, 2.24) is 20.1 Å². The molecule has 0 saturated carbocycles. The molecule has 0 aliphatic carbocycles. The Balaban J connectivity index is 2.50. The highest BCUT2D eigenvalue weighted by molar-refractivity contribution is 4.89. The molecule has 0 spiro atoms. The number of aryl methyl sites for hydroxylation is 1. The SMILES string of the molecule is CCCOCC(Cc1ncnn1CCC)NCC. The van der Waals surface area contributed by atoms with Gasteiger partial charge in [-0.15, -0.1) is 0 Å². The van der Waals surface area contributed by atoms with E-state index in [1.54, 1.807) is 6.33 Å². The summed E-state index contributed by atoms with van der Waals surface area (Å²) in [5.41, 5.74) is 0. The van der Waals surface area contributed by atoms with Gasteiger partial charge >= 0.3 is 0 Å². The number of rotatable bonds is 10. The van der Waals surface area contributed by atoms with E-state index < -0.39 is 0 Å². The number of nitrogens with one attached hydrogen (secondary N) is 1. The van der Waals surface area contributed by atoms with Crippen LogP contribution in [0.25, 0.3) is 0 Å². The first-order chi connectivity index (χ1) is 8.81. The number of likely N-dealkylation sites (N-methyl/N-ethyl adjacent to an activating group) is 1. The van der Waals surface area contributed by atoms with Crippen LogP contribution in [0.3, 0.4) is 0 Å². The Labute approximate surface area is 110 Å². The van der Waals surface area contributed by atoms with Crippen molar-refractivity contribution in [2.24, 2.45) is 0 Å². The first kappa shape index (κ1) is 15.1. The monoisotopic (exact) mass is 254 g/mol. The van der Waals surface area contributed by atoms with Crippen molar-refractivity contribution in [3.05, 3.63) is 12.2 Å². The third-order valence-electron chi connectivity index (χ3n) is 2.72. The van der Waals surface area contributed by atoms with Gasteiger partial charge in [-0.25, -0.2) is 4.98 Å². The van der Waals surface area contributed by atoms with Crippen LogP contribution in [-0.2, 0) is 17.7 Å². The second-order valence-electron chi connectivity index (χ2n) is 4.43. The van der Waals surface area contributed by atoms with E-state index in [-0.39, 0.29) is 0 Å². The zero-order chi connectivity index (χ0) is 13.2. The molecule has 0 radical (unpaired) electrons. The highest BCUT2D eigenvalue weighted by atomic mass is 16.5. The van der Waals surface area contributed by atoms with Gasteiger partial charge in [-0.1, -0.05) is 20.8 Å². The van der Waals surface area contributed by atoms with Gasteiger partial charge < -0.3 is 10.1 Å². The van der Waals surface area contributed by atoms with Crippen LogP contribution in [0.2, 0.25) is 0 Å². The molecular formula is C13H26N4O. The lowest BCUT2D eigenvalue weighted by molar-refractivity contribution is 0.111. The van der Waals surface area contributed by atoms with E-state index in [0.29, 0.717) is 6.04 Å². The predicted octanol–water partition coefficient (Wildman–Crippen LogP) is 1.64. The van der Waals surface area contributed by atoms with E-state index in [2.05, 4.69) is 36.2 Å². The van der Waals surface area contributed by atoms with Crippen LogP contribution in [0.1, 0.15) is 39.4 Å². The molecule has 0 aliphatic heterocycles. The number of hydrogen-bond acceptors (Lipinski definition) is 4. The van der Waals surface area contributed by atoms with Crippen LogP contribution in [0.5, 0.6) is 0 Å². The van der Waals surface area contributed by atoms with E-state index in [4.69, 9.17) is 4.74 Å². The second kappa shape index (κ2) is 9.05. The summed E-state index contributed by atoms with van der Waals surface area (Å²) in [7, 11) is 0. The van der Waals surface area contributed by atoms with Gasteiger partial charge in [-0.05, 0) is 19.4 Å². The lowest BCUT2D eigenvalue weighted by Gasteiger charge is -2.17. The Kier molecular flexibility index (Phi) is 7.60. The first-order valence-electron chi connectivity index (χ1n) is 6.99. The van der Waals surface area contributed by atoms with E-state index in [1.165, 1.54) is 0 Å². The summed E-state index contributed by atoms with van der Waals surface area (Å²) in [6.07, 6.45) is 4.65. The molecule has 0 amide bonds. The molecule has 1 rings (SSSR count). The maximum absolute atomic E-state index is 5.63. The largest absolute Gasteiger partial charge is 0.380 e. The highest BCUT2D eigenvalue weighted by Crippen LogP contribution is 2.02. The number of nitrogens with zero attached hydrogens (tertiary/aromatic N) is 3. The fraction of sp³-hybridized carbons (Fsp3) is 0.846. The Bertz CT molecular complexity index is 314. The van der Waals surface area contributed by atoms with Gasteiger partial charge in [0.05, 0.1) is 6.61 Å². The summed E-state index contributed by atoms with van der Waals surface area (Å²) in [5, 5.41) is 7.70. The minimum Gasteiger partial charge on any atom is -0.380 e. The molecule has 1 unspecified atom stereocenters. The minimum atomic E-state index is 0.321. The zero-order valence-electron chi connectivity index (χ0n) is 11.9. The Morgan fingerprint density at radius 2 is 2.17 bits per heavy atom. The Hall–Kier alpha value is -0.940. The fourth-order valence-electron chi connectivity index (χ4n) is 1.91. The third-order valence-corrected chi connectivity index (χ3v) is 2.72. The van der Waals surface area contributed by atoms with Crippen LogP contribution >= 0.6 is 0 Å². The van der Waals surface area contributed by atoms with Gasteiger partial charge in [0.1, 0.15) is 12.2 Å².